The van der Waals surface area contributed by atoms with Crippen LogP contribution < -0.4 is 5.32 Å². The van der Waals surface area contributed by atoms with Gasteiger partial charge in [-0.05, 0) is 51.0 Å². The fraction of sp³-hybridized carbons (Fsp3) is 0.357. The van der Waals surface area contributed by atoms with Crippen molar-refractivity contribution in [2.45, 2.75) is 33.7 Å². The number of hydrogen-bond donors (Lipinski definition) is 1. The molecule has 0 aliphatic heterocycles. The molecule has 2 aromatic rings. The first-order valence-corrected chi connectivity index (χ1v) is 7.60. The molecule has 2 nitrogen and oxygen atoms in total. The summed E-state index contributed by atoms with van der Waals surface area (Å²) in [5, 5.41) is 6.73. The molecule has 0 amide bonds. The summed E-state index contributed by atoms with van der Waals surface area (Å²) in [7, 11) is 0. The second kappa shape index (κ2) is 5.41. The number of nitrogens with zero attached hydrogens (tertiary/aromatic N) is 1. The zero-order valence-corrected chi connectivity index (χ0v) is 13.4. The Balaban J connectivity index is 2.19. The lowest BCUT2D eigenvalue weighted by atomic mass is 10.1. The van der Waals surface area contributed by atoms with Crippen molar-refractivity contribution in [1.29, 1.82) is 0 Å². The maximum Gasteiger partial charge on any atom is 0.0898 e. The summed E-state index contributed by atoms with van der Waals surface area (Å²) in [6.07, 6.45) is 0. The van der Waals surface area contributed by atoms with Crippen LogP contribution in [0.15, 0.2) is 22.0 Å². The lowest BCUT2D eigenvalue weighted by Crippen LogP contribution is -2.07. The van der Waals surface area contributed by atoms with Crippen molar-refractivity contribution < 1.29 is 0 Å². The number of rotatable bonds is 3. The number of nitrogens with one attached hydrogen (secondary N) is 1. The molecule has 0 bridgehead atoms. The van der Waals surface area contributed by atoms with Crippen molar-refractivity contribution in [3.05, 3.63) is 43.8 Å². The van der Waals surface area contributed by atoms with Gasteiger partial charge in [0.1, 0.15) is 0 Å². The van der Waals surface area contributed by atoms with E-state index in [2.05, 4.69) is 64.5 Å². The molecule has 2 rings (SSSR count). The first-order chi connectivity index (χ1) is 8.47. The van der Waals surface area contributed by atoms with Crippen molar-refractivity contribution in [2.24, 2.45) is 0 Å². The molecule has 1 aromatic carbocycles. The summed E-state index contributed by atoms with van der Waals surface area (Å²) in [6.45, 7) is 8.40. The molecule has 18 heavy (non-hydrogen) atoms. The summed E-state index contributed by atoms with van der Waals surface area (Å²) < 4.78 is 1.19. The summed E-state index contributed by atoms with van der Waals surface area (Å²) in [5.41, 5.74) is 4.75. The monoisotopic (exact) mass is 324 g/mol. The lowest BCUT2D eigenvalue weighted by Gasteiger charge is -2.15. The Kier molecular flexibility index (Phi) is 4.07. The van der Waals surface area contributed by atoms with E-state index < -0.39 is 0 Å². The second-order valence-electron chi connectivity index (χ2n) is 4.58. The fourth-order valence-electron chi connectivity index (χ4n) is 1.93. The second-order valence-corrected chi connectivity index (χ2v) is 6.44. The van der Waals surface area contributed by atoms with Gasteiger partial charge in [0.25, 0.3) is 0 Å². The summed E-state index contributed by atoms with van der Waals surface area (Å²) >= 11 is 5.28. The van der Waals surface area contributed by atoms with Crippen molar-refractivity contribution >= 4 is 33.0 Å². The van der Waals surface area contributed by atoms with Crippen LogP contribution in [0.1, 0.15) is 34.8 Å². The number of aromatic nitrogens is 1. The molecule has 0 saturated heterocycles. The molecule has 0 aliphatic carbocycles. The topological polar surface area (TPSA) is 24.9 Å². The molecule has 0 saturated carbocycles. The van der Waals surface area contributed by atoms with E-state index in [0.717, 1.165) is 16.4 Å². The Morgan fingerprint density at radius 1 is 1.22 bits per heavy atom. The quantitative estimate of drug-likeness (QED) is 0.858. The van der Waals surface area contributed by atoms with E-state index in [4.69, 9.17) is 0 Å². The molecule has 1 N–H and O–H groups in total. The van der Waals surface area contributed by atoms with Crippen LogP contribution in [-0.4, -0.2) is 4.98 Å². The lowest BCUT2D eigenvalue weighted by molar-refractivity contribution is 0.845. The Labute approximate surface area is 121 Å². The predicted molar refractivity (Wildman–Crippen MR) is 82.5 cm³/mol. The summed E-state index contributed by atoms with van der Waals surface area (Å²) in [6, 6.07) is 4.55. The Hall–Kier alpha value is -0.870. The van der Waals surface area contributed by atoms with E-state index in [1.54, 1.807) is 11.3 Å². The van der Waals surface area contributed by atoms with Gasteiger partial charge in [-0.15, -0.1) is 11.3 Å². The number of halogens is 1. The smallest absolute Gasteiger partial charge is 0.0898 e. The normalized spacial score (nSPS) is 12.5. The van der Waals surface area contributed by atoms with Gasteiger partial charge in [0.2, 0.25) is 0 Å². The largest absolute Gasteiger partial charge is 0.377 e. The minimum Gasteiger partial charge on any atom is -0.377 e. The minimum absolute atomic E-state index is 0.231. The molecule has 96 valence electrons. The molecule has 0 radical (unpaired) electrons. The zero-order valence-electron chi connectivity index (χ0n) is 11.0. The first-order valence-electron chi connectivity index (χ1n) is 5.92. The van der Waals surface area contributed by atoms with Crippen molar-refractivity contribution in [1.82, 2.24) is 4.98 Å². The van der Waals surface area contributed by atoms with Crippen LogP contribution in [0.2, 0.25) is 0 Å². The molecule has 0 fully saturated rings. The van der Waals surface area contributed by atoms with Crippen LogP contribution in [-0.2, 0) is 0 Å². The molecular weight excluding hydrogens is 308 g/mol. The predicted octanol–water partition coefficient (Wildman–Crippen LogP) is 5.00. The van der Waals surface area contributed by atoms with E-state index in [1.807, 2.05) is 6.92 Å². The molecule has 1 heterocycles. The maximum absolute atomic E-state index is 4.52. The highest BCUT2D eigenvalue weighted by Crippen LogP contribution is 2.27. The van der Waals surface area contributed by atoms with E-state index in [9.17, 15) is 0 Å². The van der Waals surface area contributed by atoms with Gasteiger partial charge in [-0.3, -0.25) is 0 Å². The molecular formula is C14H17BrN2S. The van der Waals surface area contributed by atoms with Gasteiger partial charge >= 0.3 is 0 Å². The molecule has 1 atom stereocenters. The third kappa shape index (κ3) is 2.93. The van der Waals surface area contributed by atoms with Crippen LogP contribution in [0.3, 0.4) is 0 Å². The van der Waals surface area contributed by atoms with Crippen molar-refractivity contribution in [3.63, 3.8) is 0 Å². The fourth-order valence-corrected chi connectivity index (χ4v) is 2.87. The van der Waals surface area contributed by atoms with E-state index in [0.29, 0.717) is 0 Å². The molecule has 1 unspecified atom stereocenters. The van der Waals surface area contributed by atoms with Gasteiger partial charge in [-0.1, -0.05) is 15.9 Å². The first kappa shape index (κ1) is 13.6. The van der Waals surface area contributed by atoms with Gasteiger partial charge in [-0.2, -0.15) is 0 Å². The van der Waals surface area contributed by atoms with Gasteiger partial charge < -0.3 is 5.32 Å². The third-order valence-electron chi connectivity index (χ3n) is 2.90. The molecule has 0 spiro atoms. The van der Waals surface area contributed by atoms with Crippen LogP contribution in [0.25, 0.3) is 0 Å². The summed E-state index contributed by atoms with van der Waals surface area (Å²) in [4.78, 5) is 4.52. The average Bonchev–Trinajstić information content (AvgIpc) is 2.72. The number of benzene rings is 1. The highest BCUT2D eigenvalue weighted by Gasteiger charge is 2.10. The van der Waals surface area contributed by atoms with E-state index in [1.165, 1.54) is 15.6 Å². The summed E-state index contributed by atoms with van der Waals surface area (Å²) in [5.74, 6) is 0. The Morgan fingerprint density at radius 2 is 1.83 bits per heavy atom. The van der Waals surface area contributed by atoms with E-state index >= 15 is 0 Å². The standard InChI is InChI=1S/C14H17BrN2S/c1-8-5-12(6-9(2)14(8)15)16-10(3)13-7-18-11(4)17-13/h5-7,10,16H,1-4H3. The van der Waals surface area contributed by atoms with Gasteiger partial charge in [0.15, 0.2) is 0 Å². The SMILES string of the molecule is Cc1nc(C(C)Nc2cc(C)c(Br)c(C)c2)cs1. The minimum atomic E-state index is 0.231. The third-order valence-corrected chi connectivity index (χ3v) is 4.94. The van der Waals surface area contributed by atoms with E-state index in [-0.39, 0.29) is 6.04 Å². The molecule has 1 aromatic heterocycles. The van der Waals surface area contributed by atoms with Crippen LogP contribution in [0.5, 0.6) is 0 Å². The van der Waals surface area contributed by atoms with Crippen molar-refractivity contribution in [2.75, 3.05) is 5.32 Å². The Morgan fingerprint density at radius 3 is 2.33 bits per heavy atom. The maximum atomic E-state index is 4.52. The highest BCUT2D eigenvalue weighted by atomic mass is 79.9. The average molecular weight is 325 g/mol. The number of anilines is 1. The van der Waals surface area contributed by atoms with Crippen LogP contribution >= 0.6 is 27.3 Å². The van der Waals surface area contributed by atoms with Gasteiger partial charge in [0.05, 0.1) is 16.7 Å². The number of thiazole rings is 1. The Bertz CT molecular complexity index is 540. The van der Waals surface area contributed by atoms with Gasteiger partial charge in [-0.25, -0.2) is 4.98 Å². The van der Waals surface area contributed by atoms with Gasteiger partial charge in [0, 0.05) is 15.5 Å². The molecule has 0 aliphatic rings. The van der Waals surface area contributed by atoms with Crippen LogP contribution in [0, 0.1) is 20.8 Å². The zero-order chi connectivity index (χ0) is 13.3. The van der Waals surface area contributed by atoms with Crippen molar-refractivity contribution in [3.8, 4) is 0 Å². The highest BCUT2D eigenvalue weighted by molar-refractivity contribution is 9.10. The number of aryl methyl sites for hydroxylation is 3. The molecule has 4 heteroatoms. The van der Waals surface area contributed by atoms with Crippen LogP contribution in [0.4, 0.5) is 5.69 Å². The number of hydrogen-bond acceptors (Lipinski definition) is 3.